The summed E-state index contributed by atoms with van der Waals surface area (Å²) in [6.45, 7) is 4.54. The maximum absolute atomic E-state index is 6.08. The van der Waals surface area contributed by atoms with Crippen molar-refractivity contribution in [2.24, 2.45) is 10.7 Å². The van der Waals surface area contributed by atoms with E-state index in [1.165, 1.54) is 0 Å². The fraction of sp³-hybridized carbons (Fsp3) is 0.364. The second-order valence-corrected chi connectivity index (χ2v) is 4.24. The van der Waals surface area contributed by atoms with Crippen LogP contribution in [0.4, 0.5) is 0 Å². The molecule has 0 aliphatic rings. The van der Waals surface area contributed by atoms with Crippen LogP contribution in [0.15, 0.2) is 23.2 Å². The number of halogens is 3. The Hall–Kier alpha value is -0.200. The van der Waals surface area contributed by atoms with Gasteiger partial charge in [0, 0.05) is 16.6 Å². The molecule has 0 radical (unpaired) electrons. The molecule has 0 saturated carbocycles. The highest BCUT2D eigenvalue weighted by atomic mass is 127. The second-order valence-electron chi connectivity index (χ2n) is 3.39. The molecular formula is C11H16Cl2IN3. The number of hydrogen-bond donors (Lipinski definition) is 2. The molecule has 3 N–H and O–H groups in total. The molecule has 0 spiro atoms. The topological polar surface area (TPSA) is 50.4 Å². The molecule has 1 aromatic carbocycles. The average Bonchev–Trinajstić information content (AvgIpc) is 2.17. The average molecular weight is 388 g/mol. The number of guanidine groups is 1. The zero-order valence-electron chi connectivity index (χ0n) is 9.71. The van der Waals surface area contributed by atoms with Gasteiger partial charge in [-0.1, -0.05) is 29.3 Å². The Morgan fingerprint density at radius 3 is 2.65 bits per heavy atom. The van der Waals surface area contributed by atoms with E-state index in [0.29, 0.717) is 22.5 Å². The van der Waals surface area contributed by atoms with Gasteiger partial charge in [0.1, 0.15) is 0 Å². The van der Waals surface area contributed by atoms with Crippen molar-refractivity contribution in [1.29, 1.82) is 0 Å². The van der Waals surface area contributed by atoms with E-state index in [4.69, 9.17) is 28.9 Å². The number of benzene rings is 1. The van der Waals surface area contributed by atoms with Gasteiger partial charge in [0.25, 0.3) is 0 Å². The van der Waals surface area contributed by atoms with Crippen molar-refractivity contribution >= 4 is 53.1 Å². The summed E-state index contributed by atoms with van der Waals surface area (Å²) in [5, 5.41) is 4.30. The Balaban J connectivity index is 0.00000256. The quantitative estimate of drug-likeness (QED) is 0.473. The zero-order valence-corrected chi connectivity index (χ0v) is 13.5. The smallest absolute Gasteiger partial charge is 0.189 e. The van der Waals surface area contributed by atoms with Crippen molar-refractivity contribution in [2.75, 3.05) is 6.54 Å². The second kappa shape index (κ2) is 8.00. The molecule has 1 rings (SSSR count). The largest absolute Gasteiger partial charge is 0.370 e. The van der Waals surface area contributed by atoms with Gasteiger partial charge in [-0.25, -0.2) is 0 Å². The first-order valence-electron chi connectivity index (χ1n) is 5.06. The maximum atomic E-state index is 6.08. The van der Waals surface area contributed by atoms with Crippen LogP contribution in [0.1, 0.15) is 25.5 Å². The van der Waals surface area contributed by atoms with Gasteiger partial charge in [-0.3, -0.25) is 4.99 Å². The lowest BCUT2D eigenvalue weighted by molar-refractivity contribution is 0.709. The van der Waals surface area contributed by atoms with Crippen molar-refractivity contribution in [3.05, 3.63) is 33.8 Å². The van der Waals surface area contributed by atoms with Gasteiger partial charge in [-0.2, -0.15) is 0 Å². The van der Waals surface area contributed by atoms with E-state index in [0.717, 1.165) is 5.56 Å². The van der Waals surface area contributed by atoms with Crippen LogP contribution in [-0.2, 0) is 0 Å². The Bertz CT molecular complexity index is 396. The van der Waals surface area contributed by atoms with Crippen molar-refractivity contribution in [2.45, 2.75) is 19.9 Å². The lowest BCUT2D eigenvalue weighted by Crippen LogP contribution is -2.34. The fourth-order valence-corrected chi connectivity index (χ4v) is 1.94. The molecule has 0 bridgehead atoms. The van der Waals surface area contributed by atoms with Crippen LogP contribution >= 0.6 is 47.2 Å². The third-order valence-electron chi connectivity index (χ3n) is 2.12. The predicted octanol–water partition coefficient (Wildman–Crippen LogP) is 3.60. The fourth-order valence-electron chi connectivity index (χ4n) is 1.37. The van der Waals surface area contributed by atoms with Crippen LogP contribution in [-0.4, -0.2) is 12.5 Å². The van der Waals surface area contributed by atoms with E-state index in [1.807, 2.05) is 19.9 Å². The highest BCUT2D eigenvalue weighted by Crippen LogP contribution is 2.25. The van der Waals surface area contributed by atoms with Crippen LogP contribution in [0.2, 0.25) is 10.0 Å². The molecule has 0 amide bonds. The van der Waals surface area contributed by atoms with Crippen LogP contribution < -0.4 is 11.1 Å². The van der Waals surface area contributed by atoms with Crippen LogP contribution in [0.5, 0.6) is 0 Å². The molecule has 1 unspecified atom stereocenters. The molecule has 0 aliphatic heterocycles. The lowest BCUT2D eigenvalue weighted by atomic mass is 10.1. The van der Waals surface area contributed by atoms with Crippen molar-refractivity contribution in [3.8, 4) is 0 Å². The van der Waals surface area contributed by atoms with E-state index in [-0.39, 0.29) is 30.0 Å². The van der Waals surface area contributed by atoms with E-state index in [1.54, 1.807) is 12.1 Å². The van der Waals surface area contributed by atoms with Gasteiger partial charge in [0.15, 0.2) is 5.96 Å². The summed E-state index contributed by atoms with van der Waals surface area (Å²) in [4.78, 5) is 4.05. The first kappa shape index (κ1) is 16.8. The highest BCUT2D eigenvalue weighted by Gasteiger charge is 2.10. The van der Waals surface area contributed by atoms with E-state index < -0.39 is 0 Å². The summed E-state index contributed by atoms with van der Waals surface area (Å²) in [6.07, 6.45) is 0. The van der Waals surface area contributed by atoms with Crippen LogP contribution in [0.25, 0.3) is 0 Å². The molecule has 96 valence electrons. The van der Waals surface area contributed by atoms with Gasteiger partial charge in [0.05, 0.1) is 6.04 Å². The van der Waals surface area contributed by atoms with Crippen LogP contribution in [0.3, 0.4) is 0 Å². The number of aliphatic imine (C=N–C) groups is 1. The Labute approximate surface area is 129 Å². The maximum Gasteiger partial charge on any atom is 0.189 e. The summed E-state index contributed by atoms with van der Waals surface area (Å²) in [6, 6.07) is 5.39. The van der Waals surface area contributed by atoms with Gasteiger partial charge < -0.3 is 11.1 Å². The molecular weight excluding hydrogens is 372 g/mol. The third kappa shape index (κ3) is 5.31. The van der Waals surface area contributed by atoms with E-state index >= 15 is 0 Å². The third-order valence-corrected chi connectivity index (χ3v) is 2.68. The number of nitrogens with two attached hydrogens (primary N) is 1. The zero-order chi connectivity index (χ0) is 12.1. The Morgan fingerprint density at radius 2 is 2.12 bits per heavy atom. The summed E-state index contributed by atoms with van der Waals surface area (Å²) >= 11 is 11.9. The number of nitrogens with one attached hydrogen (secondary N) is 1. The van der Waals surface area contributed by atoms with E-state index in [2.05, 4.69) is 10.3 Å². The molecule has 6 heteroatoms. The van der Waals surface area contributed by atoms with Gasteiger partial charge in [-0.15, -0.1) is 24.0 Å². The molecule has 3 nitrogen and oxygen atoms in total. The molecule has 17 heavy (non-hydrogen) atoms. The van der Waals surface area contributed by atoms with E-state index in [9.17, 15) is 0 Å². The van der Waals surface area contributed by atoms with Gasteiger partial charge >= 0.3 is 0 Å². The molecule has 1 aromatic rings. The molecule has 0 heterocycles. The summed E-state index contributed by atoms with van der Waals surface area (Å²) < 4.78 is 0. The summed E-state index contributed by atoms with van der Waals surface area (Å²) in [5.74, 6) is 0.418. The first-order valence-corrected chi connectivity index (χ1v) is 5.81. The molecule has 1 atom stereocenters. The first-order chi connectivity index (χ1) is 7.54. The molecule has 0 aliphatic carbocycles. The van der Waals surface area contributed by atoms with Gasteiger partial charge in [-0.05, 0) is 31.5 Å². The Kier molecular flexibility index (Phi) is 7.91. The van der Waals surface area contributed by atoms with Crippen molar-refractivity contribution in [3.63, 3.8) is 0 Å². The Morgan fingerprint density at radius 1 is 1.47 bits per heavy atom. The lowest BCUT2D eigenvalue weighted by Gasteiger charge is -2.16. The minimum atomic E-state index is 0. The number of rotatable bonds is 3. The SMILES string of the molecule is CCN=C(N)NC(C)c1ccc(Cl)cc1Cl.I. The minimum absolute atomic E-state index is 0. The summed E-state index contributed by atoms with van der Waals surface area (Å²) in [7, 11) is 0. The van der Waals surface area contributed by atoms with Crippen LogP contribution in [0, 0.1) is 0 Å². The van der Waals surface area contributed by atoms with Crippen molar-refractivity contribution < 1.29 is 0 Å². The van der Waals surface area contributed by atoms with Gasteiger partial charge in [0.2, 0.25) is 0 Å². The minimum Gasteiger partial charge on any atom is -0.370 e. The number of nitrogens with zero attached hydrogens (tertiary/aromatic N) is 1. The number of hydrogen-bond acceptors (Lipinski definition) is 1. The molecule has 0 aromatic heterocycles. The van der Waals surface area contributed by atoms with Crippen molar-refractivity contribution in [1.82, 2.24) is 5.32 Å². The summed E-state index contributed by atoms with van der Waals surface area (Å²) in [5.41, 5.74) is 6.62. The predicted molar refractivity (Wildman–Crippen MR) is 85.6 cm³/mol. The molecule has 0 fully saturated rings. The monoisotopic (exact) mass is 387 g/mol. The highest BCUT2D eigenvalue weighted by molar-refractivity contribution is 14.0. The normalized spacial score (nSPS) is 12.8. The standard InChI is InChI=1S/C11H15Cl2N3.HI/c1-3-15-11(14)16-7(2)9-5-4-8(12)6-10(9)13;/h4-7H,3H2,1-2H3,(H3,14,15,16);1H. The molecule has 0 saturated heterocycles.